The number of nitrogens with one attached hydrogen (secondary N) is 1. The van der Waals surface area contributed by atoms with Gasteiger partial charge in [-0.05, 0) is 43.7 Å². The molecule has 0 aliphatic carbocycles. The van der Waals surface area contributed by atoms with Crippen molar-refractivity contribution in [3.63, 3.8) is 0 Å². The first kappa shape index (κ1) is 14.5. The Hall–Kier alpha value is -1.87. The zero-order valence-electron chi connectivity index (χ0n) is 11.3. The average molecular weight is 292 g/mol. The fourth-order valence-electron chi connectivity index (χ4n) is 1.94. The number of hydrogen-bond acceptors (Lipinski definition) is 1. The van der Waals surface area contributed by atoms with Crippen LogP contribution >= 0.6 is 11.6 Å². The summed E-state index contributed by atoms with van der Waals surface area (Å²) in [5.74, 6) is -0.563. The molecule has 0 saturated carbocycles. The Morgan fingerprint density at radius 2 is 1.70 bits per heavy atom. The molecule has 0 aliphatic rings. The van der Waals surface area contributed by atoms with Crippen LogP contribution in [0.4, 0.5) is 4.39 Å². The maximum absolute atomic E-state index is 13.0. The van der Waals surface area contributed by atoms with Crippen LogP contribution in [0.15, 0.2) is 48.5 Å². The lowest BCUT2D eigenvalue weighted by molar-refractivity contribution is 0.0912. The lowest BCUT2D eigenvalue weighted by Crippen LogP contribution is -2.41. The highest BCUT2D eigenvalue weighted by Crippen LogP contribution is 2.22. The minimum absolute atomic E-state index is 0.259. The lowest BCUT2D eigenvalue weighted by Gasteiger charge is -2.27. The Labute approximate surface area is 122 Å². The number of rotatable bonds is 3. The third-order valence-electron chi connectivity index (χ3n) is 3.11. The van der Waals surface area contributed by atoms with Gasteiger partial charge in [-0.25, -0.2) is 4.39 Å². The number of amides is 1. The van der Waals surface area contributed by atoms with Crippen LogP contribution in [-0.2, 0) is 5.54 Å². The molecule has 20 heavy (non-hydrogen) atoms. The summed E-state index contributed by atoms with van der Waals surface area (Å²) in [5.41, 5.74) is 0.618. The van der Waals surface area contributed by atoms with Crippen molar-refractivity contribution >= 4 is 17.5 Å². The van der Waals surface area contributed by atoms with Crippen LogP contribution in [0.5, 0.6) is 0 Å². The van der Waals surface area contributed by atoms with E-state index in [-0.39, 0.29) is 11.7 Å². The molecule has 0 radical (unpaired) electrons. The van der Waals surface area contributed by atoms with E-state index in [0.29, 0.717) is 10.6 Å². The van der Waals surface area contributed by atoms with Gasteiger partial charge < -0.3 is 5.32 Å². The van der Waals surface area contributed by atoms with Crippen LogP contribution in [-0.4, -0.2) is 5.91 Å². The maximum atomic E-state index is 13.0. The van der Waals surface area contributed by atoms with Gasteiger partial charge in [0.15, 0.2) is 0 Å². The molecule has 0 unspecified atom stereocenters. The van der Waals surface area contributed by atoms with Crippen molar-refractivity contribution in [1.29, 1.82) is 0 Å². The van der Waals surface area contributed by atoms with Crippen LogP contribution < -0.4 is 5.32 Å². The largest absolute Gasteiger partial charge is 0.343 e. The number of halogens is 2. The SMILES string of the molecule is CC(C)(NC(=O)c1ccccc1Cl)c1ccc(F)cc1. The standard InChI is InChI=1S/C16H15ClFNO/c1-16(2,11-7-9-12(18)10-8-11)19-15(20)13-5-3-4-6-14(13)17/h3-10H,1-2H3,(H,19,20). The Morgan fingerprint density at radius 1 is 1.10 bits per heavy atom. The van der Waals surface area contributed by atoms with Gasteiger partial charge in [0.1, 0.15) is 5.82 Å². The van der Waals surface area contributed by atoms with E-state index in [0.717, 1.165) is 5.56 Å². The van der Waals surface area contributed by atoms with E-state index in [1.165, 1.54) is 12.1 Å². The van der Waals surface area contributed by atoms with E-state index in [4.69, 9.17) is 11.6 Å². The molecular formula is C16H15ClFNO. The lowest BCUT2D eigenvalue weighted by atomic mass is 9.94. The van der Waals surface area contributed by atoms with Gasteiger partial charge in [-0.3, -0.25) is 4.79 Å². The summed E-state index contributed by atoms with van der Waals surface area (Å²) in [6.45, 7) is 3.71. The second kappa shape index (κ2) is 5.63. The topological polar surface area (TPSA) is 29.1 Å². The highest BCUT2D eigenvalue weighted by Gasteiger charge is 2.24. The summed E-state index contributed by atoms with van der Waals surface area (Å²) < 4.78 is 13.0. The third kappa shape index (κ3) is 3.17. The second-order valence-corrected chi connectivity index (χ2v) is 5.47. The van der Waals surface area contributed by atoms with E-state index in [1.54, 1.807) is 36.4 Å². The highest BCUT2D eigenvalue weighted by atomic mass is 35.5. The first-order valence-corrected chi connectivity index (χ1v) is 6.61. The van der Waals surface area contributed by atoms with Crippen molar-refractivity contribution in [3.05, 3.63) is 70.5 Å². The van der Waals surface area contributed by atoms with E-state index in [1.807, 2.05) is 13.8 Å². The van der Waals surface area contributed by atoms with Crippen molar-refractivity contribution in [3.8, 4) is 0 Å². The molecule has 0 spiro atoms. The van der Waals surface area contributed by atoms with Crippen LogP contribution in [0.2, 0.25) is 5.02 Å². The Bertz CT molecular complexity index is 623. The van der Waals surface area contributed by atoms with Gasteiger partial charge in [0.05, 0.1) is 16.1 Å². The summed E-state index contributed by atoms with van der Waals surface area (Å²) in [4.78, 5) is 12.3. The molecule has 1 N–H and O–H groups in total. The molecule has 2 nitrogen and oxygen atoms in total. The van der Waals surface area contributed by atoms with E-state index in [2.05, 4.69) is 5.32 Å². The number of benzene rings is 2. The molecule has 0 saturated heterocycles. The van der Waals surface area contributed by atoms with Gasteiger partial charge in [-0.15, -0.1) is 0 Å². The van der Waals surface area contributed by atoms with Crippen molar-refractivity contribution in [1.82, 2.24) is 5.32 Å². The zero-order chi connectivity index (χ0) is 14.8. The third-order valence-corrected chi connectivity index (χ3v) is 3.44. The molecule has 0 heterocycles. The van der Waals surface area contributed by atoms with Gasteiger partial charge in [0, 0.05) is 0 Å². The molecule has 1 amide bonds. The van der Waals surface area contributed by atoms with Crippen LogP contribution in [0, 0.1) is 5.82 Å². The molecule has 0 atom stereocenters. The molecule has 2 aromatic rings. The van der Waals surface area contributed by atoms with Crippen LogP contribution in [0.1, 0.15) is 29.8 Å². The highest BCUT2D eigenvalue weighted by molar-refractivity contribution is 6.33. The molecule has 0 aromatic heterocycles. The quantitative estimate of drug-likeness (QED) is 0.904. The Morgan fingerprint density at radius 3 is 2.30 bits per heavy atom. The van der Waals surface area contributed by atoms with E-state index in [9.17, 15) is 9.18 Å². The van der Waals surface area contributed by atoms with Crippen LogP contribution in [0.25, 0.3) is 0 Å². The first-order chi connectivity index (χ1) is 9.40. The van der Waals surface area contributed by atoms with Gasteiger partial charge in [0.25, 0.3) is 5.91 Å². The minimum Gasteiger partial charge on any atom is -0.343 e. The molecule has 0 aliphatic heterocycles. The summed E-state index contributed by atoms with van der Waals surface area (Å²) in [6, 6.07) is 12.9. The van der Waals surface area contributed by atoms with E-state index >= 15 is 0 Å². The molecule has 2 aromatic carbocycles. The first-order valence-electron chi connectivity index (χ1n) is 6.23. The monoisotopic (exact) mass is 291 g/mol. The Kier molecular flexibility index (Phi) is 4.09. The summed E-state index contributed by atoms with van der Waals surface area (Å²) in [7, 11) is 0. The molecule has 0 bridgehead atoms. The molecule has 4 heteroatoms. The fourth-order valence-corrected chi connectivity index (χ4v) is 2.16. The fraction of sp³-hybridized carbons (Fsp3) is 0.188. The van der Waals surface area contributed by atoms with Crippen molar-refractivity contribution < 1.29 is 9.18 Å². The van der Waals surface area contributed by atoms with Gasteiger partial charge in [0.2, 0.25) is 0 Å². The van der Waals surface area contributed by atoms with Crippen molar-refractivity contribution in [2.45, 2.75) is 19.4 Å². The second-order valence-electron chi connectivity index (χ2n) is 5.07. The predicted molar refractivity (Wildman–Crippen MR) is 78.3 cm³/mol. The van der Waals surface area contributed by atoms with Crippen molar-refractivity contribution in [2.24, 2.45) is 0 Å². The van der Waals surface area contributed by atoms with Gasteiger partial charge >= 0.3 is 0 Å². The van der Waals surface area contributed by atoms with Gasteiger partial charge in [-0.1, -0.05) is 35.9 Å². The smallest absolute Gasteiger partial charge is 0.253 e. The number of carbonyl (C=O) groups is 1. The molecule has 2 rings (SSSR count). The average Bonchev–Trinajstić information content (AvgIpc) is 2.39. The zero-order valence-corrected chi connectivity index (χ0v) is 12.0. The minimum atomic E-state index is -0.621. The predicted octanol–water partition coefficient (Wildman–Crippen LogP) is 4.14. The van der Waals surface area contributed by atoms with Crippen LogP contribution in [0.3, 0.4) is 0 Å². The normalized spacial score (nSPS) is 11.2. The van der Waals surface area contributed by atoms with Gasteiger partial charge in [-0.2, -0.15) is 0 Å². The summed E-state index contributed by atoms with van der Waals surface area (Å²) in [6.07, 6.45) is 0. The maximum Gasteiger partial charge on any atom is 0.253 e. The van der Waals surface area contributed by atoms with Crippen molar-refractivity contribution in [2.75, 3.05) is 0 Å². The van der Waals surface area contributed by atoms with E-state index < -0.39 is 5.54 Å². The summed E-state index contributed by atoms with van der Waals surface area (Å²) >= 11 is 6.00. The molecule has 104 valence electrons. The Balaban J connectivity index is 2.22. The number of hydrogen-bond donors (Lipinski definition) is 1. The molecular weight excluding hydrogens is 277 g/mol. The number of carbonyl (C=O) groups excluding carboxylic acids is 1. The molecule has 0 fully saturated rings. The summed E-state index contributed by atoms with van der Waals surface area (Å²) in [5, 5.41) is 3.31.